The molecule has 0 unspecified atom stereocenters. The van der Waals surface area contributed by atoms with E-state index in [9.17, 15) is 9.18 Å². The lowest BCUT2D eigenvalue weighted by atomic mass is 10.1. The lowest BCUT2D eigenvalue weighted by Gasteiger charge is -2.05. The van der Waals surface area contributed by atoms with Crippen molar-refractivity contribution in [2.45, 2.75) is 20.3 Å². The second kappa shape index (κ2) is 4.74. The molecule has 14 heavy (non-hydrogen) atoms. The SMILES string of the molecule is CCOc1cc(F)cc(C(=O)CC)c1. The van der Waals surface area contributed by atoms with Gasteiger partial charge in [-0.15, -0.1) is 0 Å². The Morgan fingerprint density at radius 3 is 2.64 bits per heavy atom. The van der Waals surface area contributed by atoms with Gasteiger partial charge in [0.1, 0.15) is 11.6 Å². The molecule has 0 N–H and O–H groups in total. The number of hydrogen-bond acceptors (Lipinski definition) is 2. The van der Waals surface area contributed by atoms with E-state index in [1.165, 1.54) is 12.1 Å². The molecule has 0 radical (unpaired) electrons. The van der Waals surface area contributed by atoms with Crippen LogP contribution in [0.1, 0.15) is 30.6 Å². The quantitative estimate of drug-likeness (QED) is 0.692. The molecule has 0 fully saturated rings. The van der Waals surface area contributed by atoms with Crippen LogP contribution in [0.2, 0.25) is 0 Å². The fourth-order valence-corrected chi connectivity index (χ4v) is 1.18. The Morgan fingerprint density at radius 2 is 2.07 bits per heavy atom. The van der Waals surface area contributed by atoms with Crippen molar-refractivity contribution in [3.05, 3.63) is 29.6 Å². The van der Waals surface area contributed by atoms with E-state index >= 15 is 0 Å². The van der Waals surface area contributed by atoms with Gasteiger partial charge in [-0.25, -0.2) is 4.39 Å². The predicted octanol–water partition coefficient (Wildman–Crippen LogP) is 2.82. The van der Waals surface area contributed by atoms with Crippen LogP contribution in [0.5, 0.6) is 5.75 Å². The smallest absolute Gasteiger partial charge is 0.162 e. The van der Waals surface area contributed by atoms with Gasteiger partial charge >= 0.3 is 0 Å². The van der Waals surface area contributed by atoms with E-state index in [0.717, 1.165) is 0 Å². The van der Waals surface area contributed by atoms with E-state index in [2.05, 4.69) is 0 Å². The van der Waals surface area contributed by atoms with Crippen molar-refractivity contribution in [1.82, 2.24) is 0 Å². The Bertz CT molecular complexity index is 334. The van der Waals surface area contributed by atoms with E-state index in [-0.39, 0.29) is 5.78 Å². The Balaban J connectivity index is 3.00. The largest absolute Gasteiger partial charge is 0.494 e. The van der Waals surface area contributed by atoms with Crippen molar-refractivity contribution >= 4 is 5.78 Å². The molecule has 0 saturated heterocycles. The molecule has 0 saturated carbocycles. The number of carbonyl (C=O) groups excluding carboxylic acids is 1. The number of hydrogen-bond donors (Lipinski definition) is 0. The van der Waals surface area contributed by atoms with Gasteiger partial charge in [-0.2, -0.15) is 0 Å². The van der Waals surface area contributed by atoms with Crippen molar-refractivity contribution in [1.29, 1.82) is 0 Å². The highest BCUT2D eigenvalue weighted by molar-refractivity contribution is 5.96. The number of ketones is 1. The lowest BCUT2D eigenvalue weighted by molar-refractivity contribution is 0.0987. The summed E-state index contributed by atoms with van der Waals surface area (Å²) >= 11 is 0. The molecule has 3 heteroatoms. The first-order valence-corrected chi connectivity index (χ1v) is 4.64. The highest BCUT2D eigenvalue weighted by Crippen LogP contribution is 2.17. The molecule has 76 valence electrons. The summed E-state index contributed by atoms with van der Waals surface area (Å²) in [5.41, 5.74) is 0.371. The van der Waals surface area contributed by atoms with E-state index in [1.54, 1.807) is 13.0 Å². The fourth-order valence-electron chi connectivity index (χ4n) is 1.18. The standard InChI is InChI=1S/C11H13FO2/c1-3-11(13)8-5-9(12)7-10(6-8)14-4-2/h5-7H,3-4H2,1-2H3. The Hall–Kier alpha value is -1.38. The van der Waals surface area contributed by atoms with Crippen LogP contribution in [0.15, 0.2) is 18.2 Å². The first-order chi connectivity index (χ1) is 6.67. The van der Waals surface area contributed by atoms with Gasteiger partial charge in [0.05, 0.1) is 6.61 Å². The molecule has 0 aromatic heterocycles. The summed E-state index contributed by atoms with van der Waals surface area (Å²) in [5, 5.41) is 0. The number of halogens is 1. The van der Waals surface area contributed by atoms with Gasteiger partial charge in [-0.3, -0.25) is 4.79 Å². The Kier molecular flexibility index (Phi) is 3.63. The van der Waals surface area contributed by atoms with Crippen LogP contribution in [0, 0.1) is 5.82 Å². The zero-order valence-corrected chi connectivity index (χ0v) is 8.34. The third-order valence-corrected chi connectivity index (χ3v) is 1.83. The molecule has 0 aliphatic rings. The summed E-state index contributed by atoms with van der Waals surface area (Å²) in [5.74, 6) is -0.109. The molecule has 1 rings (SSSR count). The molecule has 0 amide bonds. The van der Waals surface area contributed by atoms with Crippen molar-refractivity contribution < 1.29 is 13.9 Å². The average Bonchev–Trinajstić information content (AvgIpc) is 2.16. The zero-order valence-electron chi connectivity index (χ0n) is 8.34. The fraction of sp³-hybridized carbons (Fsp3) is 0.364. The zero-order chi connectivity index (χ0) is 10.6. The maximum Gasteiger partial charge on any atom is 0.162 e. The minimum absolute atomic E-state index is 0.0783. The first kappa shape index (κ1) is 10.7. The molecule has 0 atom stereocenters. The van der Waals surface area contributed by atoms with Crippen LogP contribution in [0.4, 0.5) is 4.39 Å². The van der Waals surface area contributed by atoms with Crippen LogP contribution in [0.3, 0.4) is 0 Å². The van der Waals surface area contributed by atoms with Crippen LogP contribution in [0.25, 0.3) is 0 Å². The molecule has 0 aliphatic carbocycles. The van der Waals surface area contributed by atoms with E-state index < -0.39 is 5.82 Å². The van der Waals surface area contributed by atoms with Crippen LogP contribution < -0.4 is 4.74 Å². The van der Waals surface area contributed by atoms with Crippen LogP contribution >= 0.6 is 0 Å². The van der Waals surface area contributed by atoms with Crippen molar-refractivity contribution in [3.8, 4) is 5.75 Å². The summed E-state index contributed by atoms with van der Waals surface area (Å²) in [4.78, 5) is 11.3. The molecule has 1 aromatic carbocycles. The third-order valence-electron chi connectivity index (χ3n) is 1.83. The van der Waals surface area contributed by atoms with Crippen molar-refractivity contribution in [3.63, 3.8) is 0 Å². The normalized spacial score (nSPS) is 9.93. The van der Waals surface area contributed by atoms with Crippen molar-refractivity contribution in [2.75, 3.05) is 6.61 Å². The molecular weight excluding hydrogens is 183 g/mol. The van der Waals surface area contributed by atoms with Crippen LogP contribution in [-0.4, -0.2) is 12.4 Å². The topological polar surface area (TPSA) is 26.3 Å². The van der Waals surface area contributed by atoms with Crippen LogP contribution in [-0.2, 0) is 0 Å². The lowest BCUT2D eigenvalue weighted by Crippen LogP contribution is -1.99. The summed E-state index contributed by atoms with van der Waals surface area (Å²) in [6, 6.07) is 4.07. The number of carbonyl (C=O) groups is 1. The summed E-state index contributed by atoms with van der Waals surface area (Å²) in [7, 11) is 0. The van der Waals surface area contributed by atoms with Gasteiger partial charge in [-0.05, 0) is 19.1 Å². The summed E-state index contributed by atoms with van der Waals surface area (Å²) < 4.78 is 18.1. The predicted molar refractivity (Wildman–Crippen MR) is 52.2 cm³/mol. The number of benzene rings is 1. The van der Waals surface area contributed by atoms with Gasteiger partial charge in [-0.1, -0.05) is 6.92 Å². The maximum absolute atomic E-state index is 13.0. The highest BCUT2D eigenvalue weighted by Gasteiger charge is 2.07. The van der Waals surface area contributed by atoms with E-state index in [0.29, 0.717) is 24.3 Å². The van der Waals surface area contributed by atoms with Gasteiger partial charge in [0.25, 0.3) is 0 Å². The number of ether oxygens (including phenoxy) is 1. The molecule has 0 heterocycles. The number of Topliss-reactive ketones (excluding diaryl/α,β-unsaturated/α-hetero) is 1. The van der Waals surface area contributed by atoms with E-state index in [4.69, 9.17) is 4.74 Å². The van der Waals surface area contributed by atoms with Gasteiger partial charge < -0.3 is 4.74 Å². The van der Waals surface area contributed by atoms with E-state index in [1.807, 2.05) is 6.92 Å². The minimum Gasteiger partial charge on any atom is -0.494 e. The Labute approximate surface area is 82.7 Å². The monoisotopic (exact) mass is 196 g/mol. The highest BCUT2D eigenvalue weighted by atomic mass is 19.1. The summed E-state index contributed by atoms with van der Waals surface area (Å²) in [6.07, 6.45) is 0.370. The third kappa shape index (κ3) is 2.55. The van der Waals surface area contributed by atoms with Gasteiger partial charge in [0.2, 0.25) is 0 Å². The first-order valence-electron chi connectivity index (χ1n) is 4.64. The average molecular weight is 196 g/mol. The molecule has 1 aromatic rings. The Morgan fingerprint density at radius 1 is 1.36 bits per heavy atom. The van der Waals surface area contributed by atoms with Gasteiger partial charge in [0, 0.05) is 18.1 Å². The second-order valence-electron chi connectivity index (χ2n) is 2.89. The number of rotatable bonds is 4. The molecule has 0 spiro atoms. The maximum atomic E-state index is 13.0. The molecule has 0 bridgehead atoms. The molecule has 0 aliphatic heterocycles. The summed E-state index contributed by atoms with van der Waals surface area (Å²) in [6.45, 7) is 4.02. The minimum atomic E-state index is -0.437. The second-order valence-corrected chi connectivity index (χ2v) is 2.89. The van der Waals surface area contributed by atoms with Crippen molar-refractivity contribution in [2.24, 2.45) is 0 Å². The molecule has 2 nitrogen and oxygen atoms in total. The molecular formula is C11H13FO2. The van der Waals surface area contributed by atoms with Gasteiger partial charge in [0.15, 0.2) is 5.78 Å².